The molecule has 2 amide bonds. The van der Waals surface area contributed by atoms with Crippen LogP contribution >= 0.6 is 24.0 Å². The molecular formula is C23H19N3O3S2. The molecule has 156 valence electrons. The molecule has 0 saturated carbocycles. The topological polar surface area (TPSA) is 71.5 Å². The van der Waals surface area contributed by atoms with Crippen molar-refractivity contribution in [3.05, 3.63) is 65.9 Å². The molecule has 1 aromatic heterocycles. The van der Waals surface area contributed by atoms with Gasteiger partial charge in [-0.2, -0.15) is 0 Å². The van der Waals surface area contributed by atoms with Gasteiger partial charge < -0.3 is 4.74 Å². The Balaban J connectivity index is 1.87. The van der Waals surface area contributed by atoms with E-state index in [1.807, 2.05) is 61.5 Å². The minimum absolute atomic E-state index is 0.0772. The van der Waals surface area contributed by atoms with E-state index in [-0.39, 0.29) is 16.7 Å². The van der Waals surface area contributed by atoms with Gasteiger partial charge in [0.2, 0.25) is 5.91 Å². The van der Waals surface area contributed by atoms with Crippen LogP contribution in [0.15, 0.2) is 70.2 Å². The van der Waals surface area contributed by atoms with Crippen LogP contribution in [0.3, 0.4) is 0 Å². The zero-order valence-corrected chi connectivity index (χ0v) is 18.5. The summed E-state index contributed by atoms with van der Waals surface area (Å²) in [5.74, 6) is -0.0118. The molecule has 2 aromatic carbocycles. The van der Waals surface area contributed by atoms with Gasteiger partial charge in [0.05, 0.1) is 12.1 Å². The van der Waals surface area contributed by atoms with Crippen molar-refractivity contribution >= 4 is 57.9 Å². The zero-order valence-electron chi connectivity index (χ0n) is 16.9. The van der Waals surface area contributed by atoms with Crippen molar-refractivity contribution in [3.63, 3.8) is 0 Å². The maximum absolute atomic E-state index is 12.5. The monoisotopic (exact) mass is 449 g/mol. The van der Waals surface area contributed by atoms with E-state index in [0.717, 1.165) is 21.5 Å². The Hall–Kier alpha value is -3.23. The molecule has 1 saturated heterocycles. The molecule has 0 atom stereocenters. The van der Waals surface area contributed by atoms with E-state index in [9.17, 15) is 9.59 Å². The number of carbonyl (C=O) groups excluding carboxylic acids is 2. The highest BCUT2D eigenvalue weighted by atomic mass is 32.2. The summed E-state index contributed by atoms with van der Waals surface area (Å²) in [5.41, 5.74) is 1.68. The van der Waals surface area contributed by atoms with Gasteiger partial charge in [0, 0.05) is 22.8 Å². The van der Waals surface area contributed by atoms with Gasteiger partial charge in [0.15, 0.2) is 5.11 Å². The van der Waals surface area contributed by atoms with Gasteiger partial charge in [-0.3, -0.25) is 19.8 Å². The van der Waals surface area contributed by atoms with Crippen LogP contribution in [0, 0.1) is 0 Å². The number of hydrogen-bond acceptors (Lipinski definition) is 6. The SMILES string of the molecule is CCOc1ccc2nc(Sc3ccccc3)c(C=C3C(=O)NC(=S)N3C(C)=O)cc2c1. The lowest BCUT2D eigenvalue weighted by Gasteiger charge is -2.14. The average Bonchev–Trinajstić information content (AvgIpc) is 3.02. The summed E-state index contributed by atoms with van der Waals surface area (Å²) in [6.45, 7) is 3.85. The number of benzene rings is 2. The number of fused-ring (bicyclic) bond motifs is 1. The molecule has 1 fully saturated rings. The molecule has 1 aliphatic rings. The van der Waals surface area contributed by atoms with E-state index in [1.54, 1.807) is 6.08 Å². The number of ether oxygens (including phenoxy) is 1. The van der Waals surface area contributed by atoms with Crippen LogP contribution in [-0.2, 0) is 9.59 Å². The highest BCUT2D eigenvalue weighted by molar-refractivity contribution is 7.99. The third kappa shape index (κ3) is 4.45. The fraction of sp³-hybridized carbons (Fsp3) is 0.130. The molecule has 31 heavy (non-hydrogen) atoms. The van der Waals surface area contributed by atoms with Crippen LogP contribution < -0.4 is 10.1 Å². The molecule has 0 bridgehead atoms. The minimum Gasteiger partial charge on any atom is -0.494 e. The van der Waals surface area contributed by atoms with Gasteiger partial charge in [0.25, 0.3) is 5.91 Å². The quantitative estimate of drug-likeness (QED) is 0.460. The van der Waals surface area contributed by atoms with Crippen molar-refractivity contribution in [2.45, 2.75) is 23.8 Å². The normalized spacial score (nSPS) is 14.9. The second-order valence-electron chi connectivity index (χ2n) is 6.73. The number of nitrogens with zero attached hydrogens (tertiary/aromatic N) is 2. The number of amides is 2. The maximum atomic E-state index is 12.5. The highest BCUT2D eigenvalue weighted by Crippen LogP contribution is 2.34. The number of aromatic nitrogens is 1. The first-order chi connectivity index (χ1) is 15.0. The predicted octanol–water partition coefficient (Wildman–Crippen LogP) is 4.39. The summed E-state index contributed by atoms with van der Waals surface area (Å²) < 4.78 is 5.61. The molecule has 6 nitrogen and oxygen atoms in total. The van der Waals surface area contributed by atoms with Gasteiger partial charge in [-0.1, -0.05) is 30.0 Å². The largest absolute Gasteiger partial charge is 0.494 e. The van der Waals surface area contributed by atoms with Crippen molar-refractivity contribution in [2.24, 2.45) is 0 Å². The molecule has 0 radical (unpaired) electrons. The Morgan fingerprint density at radius 2 is 2.00 bits per heavy atom. The zero-order chi connectivity index (χ0) is 22.0. The van der Waals surface area contributed by atoms with Gasteiger partial charge in [-0.15, -0.1) is 0 Å². The number of pyridine rings is 1. The lowest BCUT2D eigenvalue weighted by molar-refractivity contribution is -0.125. The standard InChI is InChI=1S/C23H19N3O3S2/c1-3-29-17-9-10-19-15(12-17)11-16(22(24-19)31-18-7-5-4-6-8-18)13-20-21(28)25-23(30)26(20)14(2)27/h4-13H,3H2,1-2H3,(H,25,28,30). The number of thiocarbonyl (C=S) groups is 1. The summed E-state index contributed by atoms with van der Waals surface area (Å²) >= 11 is 6.63. The van der Waals surface area contributed by atoms with Gasteiger partial charge in [0.1, 0.15) is 16.5 Å². The Morgan fingerprint density at radius 3 is 2.71 bits per heavy atom. The van der Waals surface area contributed by atoms with E-state index >= 15 is 0 Å². The molecule has 1 N–H and O–H groups in total. The fourth-order valence-electron chi connectivity index (χ4n) is 3.21. The number of carbonyl (C=O) groups is 2. The summed E-state index contributed by atoms with van der Waals surface area (Å²) in [6, 6.07) is 17.5. The van der Waals surface area contributed by atoms with Crippen LogP contribution in [0.1, 0.15) is 19.4 Å². The first kappa shape index (κ1) is 21.0. The lowest BCUT2D eigenvalue weighted by Crippen LogP contribution is -2.31. The molecular weight excluding hydrogens is 430 g/mol. The Morgan fingerprint density at radius 1 is 1.23 bits per heavy atom. The molecule has 0 spiro atoms. The second-order valence-corrected chi connectivity index (χ2v) is 8.18. The van der Waals surface area contributed by atoms with Crippen molar-refractivity contribution in [1.82, 2.24) is 15.2 Å². The van der Waals surface area contributed by atoms with Crippen molar-refractivity contribution < 1.29 is 14.3 Å². The van der Waals surface area contributed by atoms with E-state index in [4.69, 9.17) is 21.9 Å². The van der Waals surface area contributed by atoms with Crippen LogP contribution in [0.5, 0.6) is 5.75 Å². The van der Waals surface area contributed by atoms with Crippen LogP contribution in [0.4, 0.5) is 0 Å². The maximum Gasteiger partial charge on any atom is 0.274 e. The summed E-state index contributed by atoms with van der Waals surface area (Å²) in [7, 11) is 0. The molecule has 2 heterocycles. The van der Waals surface area contributed by atoms with Gasteiger partial charge >= 0.3 is 0 Å². The van der Waals surface area contributed by atoms with Crippen molar-refractivity contribution in [1.29, 1.82) is 0 Å². The average molecular weight is 450 g/mol. The minimum atomic E-state index is -0.418. The first-order valence-electron chi connectivity index (χ1n) is 9.64. The number of nitrogens with one attached hydrogen (secondary N) is 1. The van der Waals surface area contributed by atoms with Crippen molar-refractivity contribution in [3.8, 4) is 5.75 Å². The predicted molar refractivity (Wildman–Crippen MR) is 125 cm³/mol. The Kier molecular flexibility index (Phi) is 6.01. The van der Waals surface area contributed by atoms with Crippen LogP contribution in [-0.4, -0.2) is 33.4 Å². The molecule has 0 aliphatic carbocycles. The smallest absolute Gasteiger partial charge is 0.274 e. The molecule has 3 aromatic rings. The summed E-state index contributed by atoms with van der Waals surface area (Å²) in [5, 5.41) is 4.19. The van der Waals surface area contributed by atoms with E-state index in [0.29, 0.717) is 17.2 Å². The molecule has 8 heteroatoms. The second kappa shape index (κ2) is 8.87. The molecule has 4 rings (SSSR count). The Bertz CT molecular complexity index is 1230. The lowest BCUT2D eigenvalue weighted by atomic mass is 10.1. The fourth-order valence-corrected chi connectivity index (χ4v) is 4.43. The van der Waals surface area contributed by atoms with E-state index in [2.05, 4.69) is 5.32 Å². The highest BCUT2D eigenvalue weighted by Gasteiger charge is 2.33. The van der Waals surface area contributed by atoms with Gasteiger partial charge in [-0.25, -0.2) is 4.98 Å². The van der Waals surface area contributed by atoms with Gasteiger partial charge in [-0.05, 0) is 61.6 Å². The van der Waals surface area contributed by atoms with Crippen LogP contribution in [0.2, 0.25) is 0 Å². The number of hydrogen-bond donors (Lipinski definition) is 1. The van der Waals surface area contributed by atoms with Crippen molar-refractivity contribution in [2.75, 3.05) is 6.61 Å². The first-order valence-corrected chi connectivity index (χ1v) is 10.9. The number of rotatable bonds is 5. The van der Waals surface area contributed by atoms with Crippen LogP contribution in [0.25, 0.3) is 17.0 Å². The third-order valence-electron chi connectivity index (χ3n) is 4.55. The van der Waals surface area contributed by atoms with E-state index in [1.165, 1.54) is 23.6 Å². The summed E-state index contributed by atoms with van der Waals surface area (Å²) in [4.78, 5) is 31.6. The van der Waals surface area contributed by atoms with E-state index < -0.39 is 5.91 Å². The summed E-state index contributed by atoms with van der Waals surface area (Å²) in [6.07, 6.45) is 1.65. The molecule has 1 aliphatic heterocycles. The Labute approximate surface area is 189 Å². The third-order valence-corrected chi connectivity index (χ3v) is 5.86. The molecule has 0 unspecified atom stereocenters.